The van der Waals surface area contributed by atoms with Gasteiger partial charge < -0.3 is 15.4 Å². The molecular formula is C21H24N8O4S. The number of nitrogens with zero attached hydrogens (tertiary/aromatic N) is 5. The van der Waals surface area contributed by atoms with Crippen LogP contribution in [0.1, 0.15) is 23.1 Å². The summed E-state index contributed by atoms with van der Waals surface area (Å²) in [7, 11) is -3.83. The Morgan fingerprint density at radius 3 is 2.29 bits per heavy atom. The molecule has 0 radical (unpaired) electrons. The van der Waals surface area contributed by atoms with E-state index in [0.717, 1.165) is 24.3 Å². The van der Waals surface area contributed by atoms with E-state index >= 15 is 0 Å². The minimum absolute atomic E-state index is 0.0482. The van der Waals surface area contributed by atoms with Gasteiger partial charge in [-0.2, -0.15) is 14.8 Å². The summed E-state index contributed by atoms with van der Waals surface area (Å²) in [5, 5.41) is 13.3. The summed E-state index contributed by atoms with van der Waals surface area (Å²) in [6, 6.07) is 13.4. The summed E-state index contributed by atoms with van der Waals surface area (Å²) < 4.78 is 29.4. The maximum absolute atomic E-state index is 12.5. The van der Waals surface area contributed by atoms with Crippen molar-refractivity contribution in [3.05, 3.63) is 59.9 Å². The van der Waals surface area contributed by atoms with Crippen LogP contribution in [-0.4, -0.2) is 61.1 Å². The molecule has 0 spiro atoms. The zero-order valence-corrected chi connectivity index (χ0v) is 19.2. The van der Waals surface area contributed by atoms with E-state index < -0.39 is 15.9 Å². The van der Waals surface area contributed by atoms with Crippen molar-refractivity contribution >= 4 is 33.3 Å². The van der Waals surface area contributed by atoms with Crippen LogP contribution in [0.3, 0.4) is 0 Å². The van der Waals surface area contributed by atoms with Gasteiger partial charge in [0, 0.05) is 18.8 Å². The average Bonchev–Trinajstić information content (AvgIpc) is 3.24. The van der Waals surface area contributed by atoms with E-state index in [9.17, 15) is 13.2 Å². The highest BCUT2D eigenvalue weighted by atomic mass is 32.2. The van der Waals surface area contributed by atoms with E-state index in [1.165, 1.54) is 28.9 Å². The molecule has 13 heteroatoms. The molecule has 2 aromatic carbocycles. The van der Waals surface area contributed by atoms with Crippen molar-refractivity contribution in [3.63, 3.8) is 0 Å². The number of aromatic nitrogens is 3. The van der Waals surface area contributed by atoms with Gasteiger partial charge in [0.15, 0.2) is 0 Å². The fourth-order valence-electron chi connectivity index (χ4n) is 3.37. The number of hydrazone groups is 1. The number of rotatable bonds is 6. The topological polar surface area (TPSA) is 171 Å². The Kier molecular flexibility index (Phi) is 6.58. The number of nitrogens with one attached hydrogen (secondary N) is 1. The van der Waals surface area contributed by atoms with Gasteiger partial charge in [-0.1, -0.05) is 12.1 Å². The molecule has 4 rings (SSSR count). The second kappa shape index (κ2) is 9.59. The Balaban J connectivity index is 1.43. The molecule has 0 atom stereocenters. The molecule has 1 saturated heterocycles. The zero-order valence-electron chi connectivity index (χ0n) is 18.4. The third-order valence-corrected chi connectivity index (χ3v) is 6.16. The molecule has 0 aliphatic carbocycles. The maximum Gasteiger partial charge on any atom is 0.311 e. The lowest BCUT2D eigenvalue weighted by atomic mass is 10.1. The number of benzene rings is 2. The molecule has 34 heavy (non-hydrogen) atoms. The molecule has 1 aromatic heterocycles. The number of morpholine rings is 1. The van der Waals surface area contributed by atoms with Crippen LogP contribution in [0.5, 0.6) is 0 Å². The van der Waals surface area contributed by atoms with E-state index in [2.05, 4.69) is 25.5 Å². The van der Waals surface area contributed by atoms with Crippen molar-refractivity contribution in [1.29, 1.82) is 0 Å². The second-order valence-electron chi connectivity index (χ2n) is 7.53. The van der Waals surface area contributed by atoms with Gasteiger partial charge in [0.2, 0.25) is 21.8 Å². The van der Waals surface area contributed by atoms with Gasteiger partial charge in [-0.3, -0.25) is 4.79 Å². The van der Waals surface area contributed by atoms with E-state index in [-0.39, 0.29) is 16.7 Å². The van der Waals surface area contributed by atoms with E-state index in [4.69, 9.17) is 15.6 Å². The molecule has 1 amide bonds. The second-order valence-corrected chi connectivity index (χ2v) is 9.09. The molecule has 0 bridgehead atoms. The number of anilines is 2. The van der Waals surface area contributed by atoms with Crippen LogP contribution in [0.25, 0.3) is 5.69 Å². The Hall–Kier alpha value is -3.81. The van der Waals surface area contributed by atoms with Gasteiger partial charge in [0.05, 0.1) is 29.5 Å². The van der Waals surface area contributed by atoms with Gasteiger partial charge in [-0.05, 0) is 48.9 Å². The lowest BCUT2D eigenvalue weighted by Crippen LogP contribution is -2.36. The Labute approximate surface area is 196 Å². The molecular weight excluding hydrogens is 460 g/mol. The number of carbonyl (C=O) groups is 1. The van der Waals surface area contributed by atoms with Crippen LogP contribution in [0.2, 0.25) is 0 Å². The Morgan fingerprint density at radius 2 is 1.68 bits per heavy atom. The fraction of sp³-hybridized carbons (Fsp3) is 0.238. The van der Waals surface area contributed by atoms with Crippen molar-refractivity contribution in [2.24, 2.45) is 10.2 Å². The number of carbonyl (C=O) groups excluding carboxylic acids is 1. The molecule has 178 valence electrons. The predicted octanol–water partition coefficient (Wildman–Crippen LogP) is 0.488. The molecule has 12 nitrogen and oxygen atoms in total. The molecule has 1 aliphatic rings. The van der Waals surface area contributed by atoms with Crippen LogP contribution in [0.15, 0.2) is 58.5 Å². The number of primary sulfonamides is 1. The van der Waals surface area contributed by atoms with Crippen molar-refractivity contribution in [1.82, 2.24) is 20.2 Å². The molecule has 0 unspecified atom stereocenters. The van der Waals surface area contributed by atoms with E-state index in [0.29, 0.717) is 24.6 Å². The summed E-state index contributed by atoms with van der Waals surface area (Å²) >= 11 is 0. The number of hydrogen-bond acceptors (Lipinski definition) is 9. The highest BCUT2D eigenvalue weighted by Crippen LogP contribution is 2.17. The van der Waals surface area contributed by atoms with Crippen LogP contribution >= 0.6 is 0 Å². The zero-order chi connectivity index (χ0) is 24.3. The van der Waals surface area contributed by atoms with Gasteiger partial charge in [-0.15, -0.1) is 5.10 Å². The summed E-state index contributed by atoms with van der Waals surface area (Å²) in [6.45, 7) is 4.90. The predicted molar refractivity (Wildman–Crippen MR) is 126 cm³/mol. The monoisotopic (exact) mass is 484 g/mol. The lowest BCUT2D eigenvalue weighted by molar-refractivity contribution is 0.0944. The van der Waals surface area contributed by atoms with Gasteiger partial charge >= 0.3 is 5.91 Å². The standard InChI is InChI=1S/C21H24N8O4S/c1-14(15-2-4-16(5-3-15)28-10-12-33-13-11-28)25-26-20(30)19-24-21(22)29(27-19)17-6-8-18(9-7-17)34(23,31)32/h2-9H,10-13H2,1H3,(H,26,30)(H2,22,24,27)(H2,23,31,32)/b25-14+. The van der Waals surface area contributed by atoms with Crippen LogP contribution < -0.4 is 21.2 Å². The summed E-state index contributed by atoms with van der Waals surface area (Å²) in [4.78, 5) is 18.6. The van der Waals surface area contributed by atoms with E-state index in [1.54, 1.807) is 6.92 Å². The highest BCUT2D eigenvalue weighted by molar-refractivity contribution is 7.89. The van der Waals surface area contributed by atoms with Crippen LogP contribution in [-0.2, 0) is 14.8 Å². The number of amides is 1. The third-order valence-electron chi connectivity index (χ3n) is 5.23. The van der Waals surface area contributed by atoms with Gasteiger partial charge in [0.1, 0.15) is 0 Å². The third kappa shape index (κ3) is 5.22. The Bertz CT molecular complexity index is 1310. The number of hydrogen-bond donors (Lipinski definition) is 3. The first-order valence-corrected chi connectivity index (χ1v) is 11.9. The SMILES string of the molecule is C/C(=N\NC(=O)c1nc(N)n(-c2ccc(S(N)(=O)=O)cc2)n1)c1ccc(N2CCOCC2)cc1. The van der Waals surface area contributed by atoms with Crippen molar-refractivity contribution in [3.8, 4) is 5.69 Å². The smallest absolute Gasteiger partial charge is 0.311 e. The Morgan fingerprint density at radius 1 is 1.06 bits per heavy atom. The van der Waals surface area contributed by atoms with Crippen LogP contribution in [0.4, 0.5) is 11.6 Å². The largest absolute Gasteiger partial charge is 0.378 e. The molecule has 3 aromatic rings. The fourth-order valence-corrected chi connectivity index (χ4v) is 3.89. The minimum atomic E-state index is -3.83. The summed E-state index contributed by atoms with van der Waals surface area (Å²) in [5.41, 5.74) is 11.3. The van der Waals surface area contributed by atoms with Crippen molar-refractivity contribution in [2.75, 3.05) is 36.9 Å². The minimum Gasteiger partial charge on any atom is -0.378 e. The number of nitrogens with two attached hydrogens (primary N) is 2. The summed E-state index contributed by atoms with van der Waals surface area (Å²) in [6.07, 6.45) is 0. The highest BCUT2D eigenvalue weighted by Gasteiger charge is 2.17. The van der Waals surface area contributed by atoms with Crippen molar-refractivity contribution < 1.29 is 17.9 Å². The molecule has 1 fully saturated rings. The lowest BCUT2D eigenvalue weighted by Gasteiger charge is -2.28. The molecule has 2 heterocycles. The van der Waals surface area contributed by atoms with Crippen LogP contribution in [0, 0.1) is 0 Å². The molecule has 0 saturated carbocycles. The first-order valence-electron chi connectivity index (χ1n) is 10.4. The van der Waals surface area contributed by atoms with E-state index in [1.807, 2.05) is 24.3 Å². The number of sulfonamides is 1. The maximum atomic E-state index is 12.5. The molecule has 1 aliphatic heterocycles. The summed E-state index contributed by atoms with van der Waals surface area (Å²) in [5.74, 6) is -0.879. The van der Waals surface area contributed by atoms with Crippen molar-refractivity contribution in [2.45, 2.75) is 11.8 Å². The average molecular weight is 485 g/mol. The first kappa shape index (κ1) is 23.4. The normalized spacial score (nSPS) is 14.8. The number of ether oxygens (including phenoxy) is 1. The first-order chi connectivity index (χ1) is 16.2. The quantitative estimate of drug-likeness (QED) is 0.335. The molecule has 5 N–H and O–H groups in total. The van der Waals surface area contributed by atoms with Gasteiger partial charge in [-0.25, -0.2) is 19.0 Å². The van der Waals surface area contributed by atoms with Gasteiger partial charge in [0.25, 0.3) is 0 Å². The number of nitrogen functional groups attached to an aromatic ring is 1.